The molecule has 1 heterocycles. The van der Waals surface area contributed by atoms with Gasteiger partial charge in [0.05, 0.1) is 0 Å². The summed E-state index contributed by atoms with van der Waals surface area (Å²) in [6, 6.07) is 3.98. The van der Waals surface area contributed by atoms with E-state index in [0.717, 1.165) is 43.2 Å². The largest absolute Gasteiger partial charge is 0.508 e. The predicted molar refractivity (Wildman–Crippen MR) is 101 cm³/mol. The molecule has 1 aromatic carbocycles. The number of carbonyl (C=O) groups is 1. The third-order valence-electron chi connectivity index (χ3n) is 5.79. The molecule has 2 fully saturated rings. The van der Waals surface area contributed by atoms with Crippen molar-refractivity contribution < 1.29 is 9.90 Å². The Morgan fingerprint density at radius 2 is 1.84 bits per heavy atom. The third kappa shape index (κ3) is 4.35. The topological polar surface area (TPSA) is 43.8 Å². The van der Waals surface area contributed by atoms with E-state index < -0.39 is 0 Å². The maximum atomic E-state index is 12.7. The van der Waals surface area contributed by atoms with Gasteiger partial charge in [-0.25, -0.2) is 0 Å². The second-order valence-corrected chi connectivity index (χ2v) is 8.34. The zero-order chi connectivity index (χ0) is 18.1. The zero-order valence-electron chi connectivity index (χ0n) is 16.1. The van der Waals surface area contributed by atoms with Gasteiger partial charge in [-0.1, -0.05) is 13.8 Å². The molecule has 1 saturated carbocycles. The molecule has 4 nitrogen and oxygen atoms in total. The number of phenols is 1. The molecule has 2 aliphatic rings. The van der Waals surface area contributed by atoms with E-state index in [4.69, 9.17) is 0 Å². The van der Waals surface area contributed by atoms with E-state index in [1.807, 2.05) is 12.1 Å². The molecule has 0 spiro atoms. The number of phenolic OH excluding ortho intramolecular Hbond substituents is 1. The molecule has 1 amide bonds. The van der Waals surface area contributed by atoms with Crippen molar-refractivity contribution in [1.82, 2.24) is 9.80 Å². The molecule has 0 aromatic heterocycles. The Hall–Kier alpha value is -1.55. The lowest BCUT2D eigenvalue weighted by molar-refractivity contribution is -0.133. The summed E-state index contributed by atoms with van der Waals surface area (Å²) in [6.45, 7) is 12.2. The first-order valence-electron chi connectivity index (χ1n) is 9.66. The molecule has 1 N–H and O–H groups in total. The van der Waals surface area contributed by atoms with Crippen LogP contribution in [0.1, 0.15) is 49.8 Å². The Bertz CT molecular complexity index is 614. The lowest BCUT2D eigenvalue weighted by Crippen LogP contribution is -2.47. The minimum atomic E-state index is 0.299. The van der Waals surface area contributed by atoms with Crippen molar-refractivity contribution in [3.05, 3.63) is 28.8 Å². The molecule has 0 radical (unpaired) electrons. The van der Waals surface area contributed by atoms with Gasteiger partial charge < -0.3 is 10.0 Å². The predicted octanol–water partition coefficient (Wildman–Crippen LogP) is 3.48. The highest BCUT2D eigenvalue weighted by molar-refractivity contribution is 5.77. The van der Waals surface area contributed by atoms with Gasteiger partial charge in [-0.15, -0.1) is 0 Å². The molecule has 0 bridgehead atoms. The first-order chi connectivity index (χ1) is 11.8. The van der Waals surface area contributed by atoms with Crippen LogP contribution in [0.4, 0.5) is 0 Å². The van der Waals surface area contributed by atoms with Crippen LogP contribution in [-0.4, -0.2) is 46.5 Å². The number of aryl methyl sites for hydroxylation is 2. The van der Waals surface area contributed by atoms with Crippen LogP contribution < -0.4 is 0 Å². The molecule has 25 heavy (non-hydrogen) atoms. The zero-order valence-corrected chi connectivity index (χ0v) is 16.1. The number of rotatable bonds is 5. The lowest BCUT2D eigenvalue weighted by Gasteiger charge is -2.35. The highest BCUT2D eigenvalue weighted by Gasteiger charge is 2.35. The summed E-state index contributed by atoms with van der Waals surface area (Å²) >= 11 is 0. The van der Waals surface area contributed by atoms with Gasteiger partial charge in [-0.2, -0.15) is 0 Å². The fourth-order valence-electron chi connectivity index (χ4n) is 4.01. The standard InChI is InChI=1S/C21H32N2O2/c1-14(2)20-13-22(8-7-21(25)23(20)11-17-5-6-17)12-19-15(3)9-18(24)10-16(19)4/h9-10,14,17,20,24H,5-8,11-13H2,1-4H3/t20-/m1/s1. The molecule has 1 aliphatic carbocycles. The Kier molecular flexibility index (Phi) is 5.38. The summed E-state index contributed by atoms with van der Waals surface area (Å²) in [5, 5.41) is 9.78. The molecule has 3 rings (SSSR count). The highest BCUT2D eigenvalue weighted by Crippen LogP contribution is 2.32. The lowest BCUT2D eigenvalue weighted by atomic mass is 9.99. The summed E-state index contributed by atoms with van der Waals surface area (Å²) < 4.78 is 0. The summed E-state index contributed by atoms with van der Waals surface area (Å²) in [5.74, 6) is 1.86. The van der Waals surface area contributed by atoms with Gasteiger partial charge in [0.15, 0.2) is 0 Å². The van der Waals surface area contributed by atoms with Crippen LogP contribution in [0.15, 0.2) is 12.1 Å². The molecule has 1 aliphatic heterocycles. The summed E-state index contributed by atoms with van der Waals surface area (Å²) in [4.78, 5) is 17.3. The van der Waals surface area contributed by atoms with E-state index in [0.29, 0.717) is 30.0 Å². The molecule has 1 aromatic rings. The number of hydrogen-bond donors (Lipinski definition) is 1. The average Bonchev–Trinajstić information content (AvgIpc) is 3.34. The van der Waals surface area contributed by atoms with Crippen molar-refractivity contribution >= 4 is 5.91 Å². The first kappa shape index (κ1) is 18.2. The number of aromatic hydroxyl groups is 1. The van der Waals surface area contributed by atoms with Crippen molar-refractivity contribution in [2.45, 2.75) is 59.5 Å². The van der Waals surface area contributed by atoms with Crippen molar-refractivity contribution in [3.8, 4) is 5.75 Å². The van der Waals surface area contributed by atoms with Crippen LogP contribution in [0.25, 0.3) is 0 Å². The SMILES string of the molecule is Cc1cc(O)cc(C)c1CN1CCC(=O)N(CC2CC2)[C@@H](C(C)C)C1. The van der Waals surface area contributed by atoms with E-state index in [9.17, 15) is 9.90 Å². The Labute approximate surface area is 151 Å². The number of carbonyl (C=O) groups excluding carboxylic acids is 1. The molecule has 4 heteroatoms. The number of nitrogens with zero attached hydrogens (tertiary/aromatic N) is 2. The van der Waals surface area contributed by atoms with Gasteiger partial charge in [0.1, 0.15) is 5.75 Å². The Balaban J connectivity index is 1.77. The highest BCUT2D eigenvalue weighted by atomic mass is 16.3. The quantitative estimate of drug-likeness (QED) is 0.889. The smallest absolute Gasteiger partial charge is 0.224 e. The molecular formula is C21H32N2O2. The summed E-state index contributed by atoms with van der Waals surface area (Å²) in [7, 11) is 0. The second kappa shape index (κ2) is 7.36. The van der Waals surface area contributed by atoms with Gasteiger partial charge in [0.2, 0.25) is 5.91 Å². The van der Waals surface area contributed by atoms with Crippen molar-refractivity contribution in [1.29, 1.82) is 0 Å². The van der Waals surface area contributed by atoms with E-state index in [1.54, 1.807) is 0 Å². The fourth-order valence-corrected chi connectivity index (χ4v) is 4.01. The van der Waals surface area contributed by atoms with Gasteiger partial charge in [0.25, 0.3) is 0 Å². The van der Waals surface area contributed by atoms with Crippen LogP contribution in [-0.2, 0) is 11.3 Å². The van der Waals surface area contributed by atoms with Crippen LogP contribution in [0.3, 0.4) is 0 Å². The minimum absolute atomic E-state index is 0.299. The van der Waals surface area contributed by atoms with E-state index >= 15 is 0 Å². The third-order valence-corrected chi connectivity index (χ3v) is 5.79. The number of hydrogen-bond acceptors (Lipinski definition) is 3. The molecular weight excluding hydrogens is 312 g/mol. The van der Waals surface area contributed by atoms with Gasteiger partial charge in [-0.3, -0.25) is 9.69 Å². The Morgan fingerprint density at radius 1 is 1.20 bits per heavy atom. The van der Waals surface area contributed by atoms with Crippen LogP contribution in [0.5, 0.6) is 5.75 Å². The Morgan fingerprint density at radius 3 is 2.40 bits per heavy atom. The number of benzene rings is 1. The summed E-state index contributed by atoms with van der Waals surface area (Å²) in [6.07, 6.45) is 3.18. The average molecular weight is 344 g/mol. The van der Waals surface area contributed by atoms with E-state index in [2.05, 4.69) is 37.5 Å². The fraction of sp³-hybridized carbons (Fsp3) is 0.667. The maximum absolute atomic E-state index is 12.7. The van der Waals surface area contributed by atoms with Crippen LogP contribution in [0.2, 0.25) is 0 Å². The van der Waals surface area contributed by atoms with E-state index in [-0.39, 0.29) is 0 Å². The summed E-state index contributed by atoms with van der Waals surface area (Å²) in [5.41, 5.74) is 3.54. The van der Waals surface area contributed by atoms with Crippen molar-refractivity contribution in [2.75, 3.05) is 19.6 Å². The monoisotopic (exact) mass is 344 g/mol. The van der Waals surface area contributed by atoms with Gasteiger partial charge in [-0.05, 0) is 67.3 Å². The van der Waals surface area contributed by atoms with Crippen molar-refractivity contribution in [2.24, 2.45) is 11.8 Å². The normalized spacial score (nSPS) is 22.5. The molecule has 138 valence electrons. The molecule has 0 unspecified atom stereocenters. The molecule has 1 saturated heterocycles. The molecule has 1 atom stereocenters. The second-order valence-electron chi connectivity index (χ2n) is 8.34. The van der Waals surface area contributed by atoms with Crippen molar-refractivity contribution in [3.63, 3.8) is 0 Å². The maximum Gasteiger partial charge on any atom is 0.224 e. The van der Waals surface area contributed by atoms with Gasteiger partial charge >= 0.3 is 0 Å². The number of amides is 1. The van der Waals surface area contributed by atoms with Crippen LogP contribution in [0, 0.1) is 25.7 Å². The van der Waals surface area contributed by atoms with E-state index in [1.165, 1.54) is 18.4 Å². The van der Waals surface area contributed by atoms with Crippen LogP contribution >= 0.6 is 0 Å². The minimum Gasteiger partial charge on any atom is -0.508 e. The first-order valence-corrected chi connectivity index (χ1v) is 9.66. The van der Waals surface area contributed by atoms with Gasteiger partial charge in [0, 0.05) is 38.6 Å².